The largest absolute Gasteiger partial charge is 0.462 e. The second kappa shape index (κ2) is 34.4. The van der Waals surface area contributed by atoms with Gasteiger partial charge in [0.05, 0.1) is 6.61 Å². The molecule has 42 heavy (non-hydrogen) atoms. The topological polar surface area (TPSA) is 72.8 Å². The summed E-state index contributed by atoms with van der Waals surface area (Å²) in [4.78, 5) is 24.1. The quantitative estimate of drug-likeness (QED) is 0.0591. The molecule has 5 heteroatoms. The fraction of sp³-hybridized carbons (Fsp3) is 0.946. The molecule has 0 radical (unpaired) electrons. The zero-order valence-corrected chi connectivity index (χ0v) is 28.3. The number of aliphatic hydroxyl groups is 1. The first-order chi connectivity index (χ1) is 20.6. The lowest BCUT2D eigenvalue weighted by Gasteiger charge is -2.15. The maximum Gasteiger partial charge on any atom is 0.306 e. The second-order valence-electron chi connectivity index (χ2n) is 12.7. The van der Waals surface area contributed by atoms with Crippen molar-refractivity contribution in [2.45, 2.75) is 213 Å². The molecule has 0 heterocycles. The van der Waals surface area contributed by atoms with E-state index in [0.717, 1.165) is 38.5 Å². The van der Waals surface area contributed by atoms with Crippen molar-refractivity contribution in [3.8, 4) is 0 Å². The predicted molar refractivity (Wildman–Crippen MR) is 178 cm³/mol. The van der Waals surface area contributed by atoms with E-state index in [1.807, 2.05) is 0 Å². The van der Waals surface area contributed by atoms with Crippen molar-refractivity contribution in [1.29, 1.82) is 0 Å². The molecule has 0 aliphatic rings. The summed E-state index contributed by atoms with van der Waals surface area (Å²) in [5.74, 6) is -0.583. The van der Waals surface area contributed by atoms with Crippen LogP contribution in [0.15, 0.2) is 0 Å². The first kappa shape index (κ1) is 40.9. The summed E-state index contributed by atoms with van der Waals surface area (Å²) < 4.78 is 10.5. The van der Waals surface area contributed by atoms with Crippen LogP contribution in [0.2, 0.25) is 0 Å². The highest BCUT2D eigenvalue weighted by atomic mass is 16.6. The maximum atomic E-state index is 12.1. The lowest BCUT2D eigenvalue weighted by Crippen LogP contribution is -2.28. The lowest BCUT2D eigenvalue weighted by atomic mass is 10.0. The van der Waals surface area contributed by atoms with Crippen LogP contribution >= 0.6 is 0 Å². The fourth-order valence-electron chi connectivity index (χ4n) is 5.55. The molecule has 1 N–H and O–H groups in total. The van der Waals surface area contributed by atoms with Crippen molar-refractivity contribution >= 4 is 11.9 Å². The molecule has 0 amide bonds. The van der Waals surface area contributed by atoms with Gasteiger partial charge in [-0.05, 0) is 12.8 Å². The summed E-state index contributed by atoms with van der Waals surface area (Å²) in [5, 5.41) is 9.49. The number of hydrogen-bond acceptors (Lipinski definition) is 5. The summed E-state index contributed by atoms with van der Waals surface area (Å²) in [6, 6.07) is 0. The molecule has 0 aliphatic carbocycles. The third-order valence-corrected chi connectivity index (χ3v) is 8.40. The molecular weight excluding hydrogens is 524 g/mol. The number of unbranched alkanes of at least 4 members (excludes halogenated alkanes) is 26. The molecule has 0 saturated carbocycles. The van der Waals surface area contributed by atoms with Crippen LogP contribution in [0, 0.1) is 0 Å². The molecule has 250 valence electrons. The number of hydrogen-bond donors (Lipinski definition) is 1. The van der Waals surface area contributed by atoms with Crippen molar-refractivity contribution in [3.05, 3.63) is 0 Å². The van der Waals surface area contributed by atoms with Gasteiger partial charge in [-0.3, -0.25) is 9.59 Å². The molecule has 0 aliphatic heterocycles. The lowest BCUT2D eigenvalue weighted by molar-refractivity contribution is -0.161. The van der Waals surface area contributed by atoms with E-state index in [0.29, 0.717) is 12.8 Å². The molecule has 0 aromatic heterocycles. The van der Waals surface area contributed by atoms with Crippen LogP contribution in [0.4, 0.5) is 0 Å². The first-order valence-electron chi connectivity index (χ1n) is 18.6. The first-order valence-corrected chi connectivity index (χ1v) is 18.6. The van der Waals surface area contributed by atoms with E-state index in [9.17, 15) is 14.7 Å². The average Bonchev–Trinajstić information content (AvgIpc) is 2.99. The van der Waals surface area contributed by atoms with Crippen LogP contribution in [0.1, 0.15) is 206 Å². The van der Waals surface area contributed by atoms with E-state index in [-0.39, 0.29) is 25.2 Å². The van der Waals surface area contributed by atoms with Gasteiger partial charge < -0.3 is 14.6 Å². The highest BCUT2D eigenvalue weighted by Crippen LogP contribution is 2.15. The number of aliphatic hydroxyl groups excluding tert-OH is 1. The number of carbonyl (C=O) groups excluding carboxylic acids is 2. The van der Waals surface area contributed by atoms with Crippen molar-refractivity contribution < 1.29 is 24.2 Å². The monoisotopic (exact) mass is 597 g/mol. The minimum Gasteiger partial charge on any atom is -0.462 e. The molecule has 0 unspecified atom stereocenters. The Labute approximate surface area is 261 Å². The van der Waals surface area contributed by atoms with Crippen LogP contribution in [-0.2, 0) is 19.1 Å². The molecule has 0 fully saturated rings. The predicted octanol–water partition coefficient (Wildman–Crippen LogP) is 11.2. The van der Waals surface area contributed by atoms with Crippen LogP contribution in [0.3, 0.4) is 0 Å². The summed E-state index contributed by atoms with van der Waals surface area (Å²) in [5.41, 5.74) is 0. The van der Waals surface area contributed by atoms with Crippen molar-refractivity contribution in [2.75, 3.05) is 13.2 Å². The van der Waals surface area contributed by atoms with Gasteiger partial charge in [-0.1, -0.05) is 181 Å². The third kappa shape index (κ3) is 31.8. The number of rotatable bonds is 34. The molecular formula is C37H72O5. The van der Waals surface area contributed by atoms with E-state index in [1.54, 1.807) is 0 Å². The van der Waals surface area contributed by atoms with Gasteiger partial charge >= 0.3 is 11.9 Å². The van der Waals surface area contributed by atoms with E-state index < -0.39 is 6.10 Å². The molecule has 0 saturated heterocycles. The van der Waals surface area contributed by atoms with Crippen LogP contribution in [0.25, 0.3) is 0 Å². The van der Waals surface area contributed by atoms with Crippen LogP contribution in [-0.4, -0.2) is 36.4 Å². The Hall–Kier alpha value is -1.10. The normalized spacial score (nSPS) is 12.0. The van der Waals surface area contributed by atoms with E-state index in [4.69, 9.17) is 9.47 Å². The van der Waals surface area contributed by atoms with Gasteiger partial charge in [-0.2, -0.15) is 0 Å². The van der Waals surface area contributed by atoms with E-state index in [1.165, 1.54) is 141 Å². The molecule has 0 aromatic rings. The molecule has 1 atom stereocenters. The Bertz CT molecular complexity index is 564. The maximum absolute atomic E-state index is 12.1. The van der Waals surface area contributed by atoms with Gasteiger partial charge in [0.1, 0.15) is 6.61 Å². The molecule has 0 spiro atoms. The minimum atomic E-state index is -0.759. The Morgan fingerprint density at radius 1 is 0.452 bits per heavy atom. The highest BCUT2D eigenvalue weighted by molar-refractivity contribution is 5.70. The smallest absolute Gasteiger partial charge is 0.306 e. The van der Waals surface area contributed by atoms with Crippen molar-refractivity contribution in [3.63, 3.8) is 0 Å². The standard InChI is InChI=1S/C37H72O5/c1-3-5-7-9-11-13-14-15-16-17-18-19-20-21-22-23-24-26-28-30-32-37(40)42-35(33-38)34-41-36(39)31-29-27-25-12-10-8-6-4-2/h35,38H,3-34H2,1-2H3/t35-/m0/s1. The molecule has 5 nitrogen and oxygen atoms in total. The van der Waals surface area contributed by atoms with Gasteiger partial charge in [0.2, 0.25) is 0 Å². The van der Waals surface area contributed by atoms with Crippen molar-refractivity contribution in [1.82, 2.24) is 0 Å². The fourth-order valence-corrected chi connectivity index (χ4v) is 5.55. The van der Waals surface area contributed by atoms with Gasteiger partial charge in [0, 0.05) is 12.8 Å². The minimum absolute atomic E-state index is 0.0582. The van der Waals surface area contributed by atoms with Gasteiger partial charge in [0.15, 0.2) is 6.10 Å². The Morgan fingerprint density at radius 2 is 0.738 bits per heavy atom. The third-order valence-electron chi connectivity index (χ3n) is 8.40. The molecule has 0 bridgehead atoms. The van der Waals surface area contributed by atoms with Crippen LogP contribution in [0.5, 0.6) is 0 Å². The number of ether oxygens (including phenoxy) is 2. The molecule has 0 rings (SSSR count). The Kier molecular flexibility index (Phi) is 33.5. The van der Waals surface area contributed by atoms with Gasteiger partial charge in [0.25, 0.3) is 0 Å². The summed E-state index contributed by atoms with van der Waals surface area (Å²) >= 11 is 0. The van der Waals surface area contributed by atoms with Gasteiger partial charge in [-0.15, -0.1) is 0 Å². The SMILES string of the molecule is CCCCCCCCCCCCCCCCCCCCCCC(=O)O[C@@H](CO)COC(=O)CCCCCCCCCC. The molecule has 0 aromatic carbocycles. The average molecular weight is 597 g/mol. The van der Waals surface area contributed by atoms with E-state index >= 15 is 0 Å². The summed E-state index contributed by atoms with van der Waals surface area (Å²) in [6.45, 7) is 4.12. The second-order valence-corrected chi connectivity index (χ2v) is 12.7. The Morgan fingerprint density at radius 3 is 1.05 bits per heavy atom. The zero-order chi connectivity index (χ0) is 30.8. The Balaban J connectivity index is 3.45. The van der Waals surface area contributed by atoms with Crippen LogP contribution < -0.4 is 0 Å². The number of carbonyl (C=O) groups is 2. The van der Waals surface area contributed by atoms with E-state index in [2.05, 4.69) is 13.8 Å². The summed E-state index contributed by atoms with van der Waals surface area (Å²) in [7, 11) is 0. The summed E-state index contributed by atoms with van der Waals surface area (Å²) in [6.07, 6.45) is 36.0. The zero-order valence-electron chi connectivity index (χ0n) is 28.3. The van der Waals surface area contributed by atoms with Gasteiger partial charge in [-0.25, -0.2) is 0 Å². The van der Waals surface area contributed by atoms with Crippen molar-refractivity contribution in [2.24, 2.45) is 0 Å². The highest BCUT2D eigenvalue weighted by Gasteiger charge is 2.16. The number of esters is 2.